The maximum atomic E-state index is 4.39. The van der Waals surface area contributed by atoms with Crippen LogP contribution in [0.5, 0.6) is 0 Å². The molecule has 1 aliphatic carbocycles. The van der Waals surface area contributed by atoms with E-state index in [1.165, 1.54) is 32.8 Å². The summed E-state index contributed by atoms with van der Waals surface area (Å²) in [5.41, 5.74) is 1.40. The molecule has 21 heavy (non-hydrogen) atoms. The first-order chi connectivity index (χ1) is 10.2. The molecule has 2 nitrogen and oxygen atoms in total. The van der Waals surface area contributed by atoms with Gasteiger partial charge in [-0.15, -0.1) is 11.3 Å². The second-order valence-electron chi connectivity index (χ2n) is 5.89. The number of nitrogens with zero attached hydrogens (tertiary/aromatic N) is 1. The minimum Gasteiger partial charge on any atom is -0.314 e. The molecular weight excluding hydrogens is 344 g/mol. The highest BCUT2D eigenvalue weighted by Crippen LogP contribution is 2.25. The molecule has 0 bridgehead atoms. The fraction of sp³-hybridized carbons (Fsp3) is 0.471. The van der Waals surface area contributed by atoms with Crippen LogP contribution in [0, 0.1) is 12.8 Å². The number of hydrogen-bond acceptors (Lipinski definition) is 3. The van der Waals surface area contributed by atoms with Crippen molar-refractivity contribution >= 4 is 27.3 Å². The third-order valence-corrected chi connectivity index (χ3v) is 5.61. The molecule has 1 saturated carbocycles. The molecule has 1 unspecified atom stereocenters. The van der Waals surface area contributed by atoms with Gasteiger partial charge in [-0.05, 0) is 56.7 Å². The Bertz CT molecular complexity index is 592. The topological polar surface area (TPSA) is 24.9 Å². The van der Waals surface area contributed by atoms with E-state index in [-0.39, 0.29) is 0 Å². The van der Waals surface area contributed by atoms with Gasteiger partial charge in [0.05, 0.1) is 5.01 Å². The first kappa shape index (κ1) is 15.2. The molecule has 2 aromatic rings. The Morgan fingerprint density at radius 2 is 2.14 bits per heavy atom. The highest BCUT2D eigenvalue weighted by atomic mass is 79.9. The molecule has 1 aromatic heterocycles. The SMILES string of the molecule is Cc1ncc(CC(CNC2CC2)Cc2ccccc2Br)s1. The van der Waals surface area contributed by atoms with Crippen LogP contribution in [0.2, 0.25) is 0 Å². The number of aryl methyl sites for hydroxylation is 1. The molecule has 0 radical (unpaired) electrons. The second kappa shape index (κ2) is 7.03. The average Bonchev–Trinajstić information content (AvgIpc) is 3.21. The lowest BCUT2D eigenvalue weighted by molar-refractivity contribution is 0.471. The molecule has 1 aliphatic rings. The summed E-state index contributed by atoms with van der Waals surface area (Å²) in [5, 5.41) is 4.86. The number of rotatable bonds is 7. The summed E-state index contributed by atoms with van der Waals surface area (Å²) in [6, 6.07) is 9.35. The lowest BCUT2D eigenvalue weighted by Gasteiger charge is -2.18. The summed E-state index contributed by atoms with van der Waals surface area (Å²) < 4.78 is 1.22. The number of halogens is 1. The van der Waals surface area contributed by atoms with Gasteiger partial charge in [0.1, 0.15) is 0 Å². The van der Waals surface area contributed by atoms with Gasteiger partial charge >= 0.3 is 0 Å². The normalized spacial score (nSPS) is 16.1. The van der Waals surface area contributed by atoms with Crippen molar-refractivity contribution in [3.05, 3.63) is 50.4 Å². The largest absolute Gasteiger partial charge is 0.314 e. The van der Waals surface area contributed by atoms with Crippen molar-refractivity contribution in [1.82, 2.24) is 10.3 Å². The van der Waals surface area contributed by atoms with Gasteiger partial charge in [0.25, 0.3) is 0 Å². The van der Waals surface area contributed by atoms with Gasteiger partial charge in [0.2, 0.25) is 0 Å². The zero-order valence-electron chi connectivity index (χ0n) is 12.3. The first-order valence-corrected chi connectivity index (χ1v) is 9.20. The predicted molar refractivity (Wildman–Crippen MR) is 92.9 cm³/mol. The Hall–Kier alpha value is -0.710. The standard InChI is InChI=1S/C17H21BrN2S/c1-12-19-11-16(21-12)9-13(10-20-15-6-7-15)8-14-4-2-3-5-17(14)18/h2-5,11,13,15,20H,6-10H2,1H3. The van der Waals surface area contributed by atoms with Crippen LogP contribution >= 0.6 is 27.3 Å². The Morgan fingerprint density at radius 1 is 1.33 bits per heavy atom. The number of thiazole rings is 1. The summed E-state index contributed by atoms with van der Waals surface area (Å²) in [7, 11) is 0. The molecule has 1 N–H and O–H groups in total. The molecule has 1 aromatic carbocycles. The highest BCUT2D eigenvalue weighted by Gasteiger charge is 2.22. The zero-order chi connectivity index (χ0) is 14.7. The summed E-state index contributed by atoms with van der Waals surface area (Å²) in [4.78, 5) is 5.80. The second-order valence-corrected chi connectivity index (χ2v) is 8.07. The number of hydrogen-bond donors (Lipinski definition) is 1. The van der Waals surface area contributed by atoms with E-state index in [2.05, 4.69) is 57.4 Å². The summed E-state index contributed by atoms with van der Waals surface area (Å²) >= 11 is 5.51. The van der Waals surface area contributed by atoms with E-state index in [0.29, 0.717) is 5.92 Å². The molecule has 112 valence electrons. The summed E-state index contributed by atoms with van der Waals surface area (Å²) in [6.45, 7) is 3.18. The van der Waals surface area contributed by atoms with Gasteiger partial charge in [-0.2, -0.15) is 0 Å². The predicted octanol–water partition coefficient (Wildman–Crippen LogP) is 4.37. The van der Waals surface area contributed by atoms with Crippen LogP contribution < -0.4 is 5.32 Å². The lowest BCUT2D eigenvalue weighted by Crippen LogP contribution is -2.27. The fourth-order valence-corrected chi connectivity index (χ4v) is 3.95. The maximum absolute atomic E-state index is 4.39. The van der Waals surface area contributed by atoms with Crippen molar-refractivity contribution in [2.75, 3.05) is 6.54 Å². The van der Waals surface area contributed by atoms with Crippen molar-refractivity contribution in [1.29, 1.82) is 0 Å². The van der Waals surface area contributed by atoms with Gasteiger partial charge in [0, 0.05) is 21.6 Å². The van der Waals surface area contributed by atoms with Crippen LogP contribution in [0.15, 0.2) is 34.9 Å². The molecule has 0 aliphatic heterocycles. The van der Waals surface area contributed by atoms with Crippen molar-refractivity contribution in [2.45, 2.75) is 38.6 Å². The number of aromatic nitrogens is 1. The van der Waals surface area contributed by atoms with E-state index in [1.54, 1.807) is 0 Å². The van der Waals surface area contributed by atoms with Crippen LogP contribution in [0.4, 0.5) is 0 Å². The molecule has 0 saturated heterocycles. The molecule has 1 atom stereocenters. The third kappa shape index (κ3) is 4.63. The molecule has 1 heterocycles. The van der Waals surface area contributed by atoms with Gasteiger partial charge < -0.3 is 5.32 Å². The smallest absolute Gasteiger partial charge is 0.0896 e. The van der Waals surface area contributed by atoms with Crippen LogP contribution in [0.3, 0.4) is 0 Å². The average molecular weight is 365 g/mol. The Labute approximate surface area is 139 Å². The van der Waals surface area contributed by atoms with Crippen molar-refractivity contribution in [2.24, 2.45) is 5.92 Å². The summed E-state index contributed by atoms with van der Waals surface area (Å²) in [5.74, 6) is 0.629. The molecule has 3 rings (SSSR count). The van der Waals surface area contributed by atoms with Crippen LogP contribution in [-0.4, -0.2) is 17.6 Å². The van der Waals surface area contributed by atoms with Crippen LogP contribution in [0.25, 0.3) is 0 Å². The van der Waals surface area contributed by atoms with Crippen LogP contribution in [-0.2, 0) is 12.8 Å². The van der Waals surface area contributed by atoms with E-state index in [9.17, 15) is 0 Å². The minimum atomic E-state index is 0.629. The highest BCUT2D eigenvalue weighted by molar-refractivity contribution is 9.10. The molecule has 4 heteroatoms. The number of benzene rings is 1. The minimum absolute atomic E-state index is 0.629. The molecule has 0 amide bonds. The van der Waals surface area contributed by atoms with E-state index >= 15 is 0 Å². The summed E-state index contributed by atoms with van der Waals surface area (Å²) in [6.07, 6.45) is 6.97. The van der Waals surface area contributed by atoms with E-state index in [4.69, 9.17) is 0 Å². The van der Waals surface area contributed by atoms with Gasteiger partial charge in [-0.3, -0.25) is 0 Å². The Kier molecular flexibility index (Phi) is 5.09. The monoisotopic (exact) mass is 364 g/mol. The molecule has 0 spiro atoms. The lowest BCUT2D eigenvalue weighted by atomic mass is 9.95. The quantitative estimate of drug-likeness (QED) is 0.788. The number of nitrogens with one attached hydrogen (secondary N) is 1. The molecule has 1 fully saturated rings. The molecular formula is C17H21BrN2S. The van der Waals surface area contributed by atoms with E-state index in [0.717, 1.165) is 25.4 Å². The van der Waals surface area contributed by atoms with E-state index < -0.39 is 0 Å². The zero-order valence-corrected chi connectivity index (χ0v) is 14.7. The van der Waals surface area contributed by atoms with Gasteiger partial charge in [-0.25, -0.2) is 4.98 Å². The maximum Gasteiger partial charge on any atom is 0.0896 e. The first-order valence-electron chi connectivity index (χ1n) is 7.59. The van der Waals surface area contributed by atoms with Crippen molar-refractivity contribution in [3.63, 3.8) is 0 Å². The Balaban J connectivity index is 1.67. The van der Waals surface area contributed by atoms with E-state index in [1.807, 2.05) is 17.5 Å². The fourth-order valence-electron chi connectivity index (χ4n) is 2.60. The Morgan fingerprint density at radius 3 is 2.81 bits per heavy atom. The van der Waals surface area contributed by atoms with Crippen molar-refractivity contribution < 1.29 is 0 Å². The van der Waals surface area contributed by atoms with Crippen LogP contribution in [0.1, 0.15) is 28.3 Å². The van der Waals surface area contributed by atoms with Crippen molar-refractivity contribution in [3.8, 4) is 0 Å². The third-order valence-electron chi connectivity index (χ3n) is 3.90. The van der Waals surface area contributed by atoms with Gasteiger partial charge in [0.15, 0.2) is 0 Å². The van der Waals surface area contributed by atoms with Gasteiger partial charge in [-0.1, -0.05) is 34.1 Å².